The minimum absolute atomic E-state index is 0.109. The smallest absolute Gasteiger partial charge is 0.134 e. The molecule has 98 valence electrons. The van der Waals surface area contributed by atoms with Crippen molar-refractivity contribution in [2.24, 2.45) is 0 Å². The summed E-state index contributed by atoms with van der Waals surface area (Å²) in [7, 11) is 1.39. The molecule has 0 amide bonds. The Morgan fingerprint density at radius 2 is 2.00 bits per heavy atom. The molecule has 0 aromatic heterocycles. The second-order valence-electron chi connectivity index (χ2n) is 4.40. The van der Waals surface area contributed by atoms with Crippen LogP contribution in [0.3, 0.4) is 0 Å². The Morgan fingerprint density at radius 3 is 2.56 bits per heavy atom. The average Bonchev–Trinajstić information content (AvgIpc) is 2.80. The number of rotatable bonds is 4. The lowest BCUT2D eigenvalue weighted by atomic mass is 10.1. The average molecular weight is 253 g/mol. The van der Waals surface area contributed by atoms with Crippen LogP contribution in [-0.2, 0) is 6.54 Å². The Bertz CT molecular complexity index is 436. The Balaban J connectivity index is 2.19. The third-order valence-corrected chi connectivity index (χ3v) is 3.30. The highest BCUT2D eigenvalue weighted by Crippen LogP contribution is 2.24. The molecule has 1 aliphatic rings. The van der Waals surface area contributed by atoms with Gasteiger partial charge in [-0.3, -0.25) is 4.90 Å². The molecule has 0 unspecified atom stereocenters. The topological polar surface area (TPSA) is 12.5 Å². The minimum atomic E-state index is -0.548. The number of hydrogen-bond donors (Lipinski definition) is 0. The monoisotopic (exact) mass is 253 g/mol. The second-order valence-corrected chi connectivity index (χ2v) is 4.40. The lowest BCUT2D eigenvalue weighted by Crippen LogP contribution is -2.29. The van der Waals surface area contributed by atoms with E-state index in [1.807, 2.05) is 11.0 Å². The summed E-state index contributed by atoms with van der Waals surface area (Å²) in [6.07, 6.45) is 5.06. The third kappa shape index (κ3) is 2.53. The summed E-state index contributed by atoms with van der Waals surface area (Å²) < 4.78 is 32.5. The molecule has 1 aromatic carbocycles. The molecule has 0 N–H and O–H groups in total. The first kappa shape index (κ1) is 13.0. The van der Waals surface area contributed by atoms with Gasteiger partial charge in [-0.05, 0) is 6.42 Å². The SMILES string of the molecule is CC[C@H]1C=CCN1Cc1c(F)cc(OC)cc1F. The van der Waals surface area contributed by atoms with Crippen molar-refractivity contribution in [1.29, 1.82) is 0 Å². The van der Waals surface area contributed by atoms with Gasteiger partial charge in [0.15, 0.2) is 0 Å². The Kier molecular flexibility index (Phi) is 3.97. The molecule has 0 fully saturated rings. The molecule has 2 rings (SSSR count). The van der Waals surface area contributed by atoms with Crippen LogP contribution in [0.2, 0.25) is 0 Å². The molecule has 1 atom stereocenters. The van der Waals surface area contributed by atoms with E-state index >= 15 is 0 Å². The van der Waals surface area contributed by atoms with E-state index in [9.17, 15) is 8.78 Å². The number of halogens is 2. The second kappa shape index (κ2) is 5.48. The first-order chi connectivity index (χ1) is 8.65. The molecule has 2 nitrogen and oxygen atoms in total. The largest absolute Gasteiger partial charge is 0.497 e. The summed E-state index contributed by atoms with van der Waals surface area (Å²) in [5, 5.41) is 0. The highest BCUT2D eigenvalue weighted by Gasteiger charge is 2.21. The zero-order valence-electron chi connectivity index (χ0n) is 10.6. The lowest BCUT2D eigenvalue weighted by molar-refractivity contribution is 0.250. The first-order valence-corrected chi connectivity index (χ1v) is 6.08. The van der Waals surface area contributed by atoms with Gasteiger partial charge < -0.3 is 4.74 Å². The summed E-state index contributed by atoms with van der Waals surface area (Å²) in [4.78, 5) is 2.05. The molecular formula is C14H17F2NO. The molecule has 0 radical (unpaired) electrons. The molecule has 1 aromatic rings. The van der Waals surface area contributed by atoms with Gasteiger partial charge in [0.1, 0.15) is 17.4 Å². The van der Waals surface area contributed by atoms with Gasteiger partial charge in [-0.2, -0.15) is 0 Å². The minimum Gasteiger partial charge on any atom is -0.497 e. The predicted molar refractivity (Wildman–Crippen MR) is 66.5 cm³/mol. The van der Waals surface area contributed by atoms with Gasteiger partial charge >= 0.3 is 0 Å². The van der Waals surface area contributed by atoms with Gasteiger partial charge in [0.25, 0.3) is 0 Å². The normalized spacial score (nSPS) is 19.4. The third-order valence-electron chi connectivity index (χ3n) is 3.30. The van der Waals surface area contributed by atoms with Crippen molar-refractivity contribution in [3.8, 4) is 5.75 Å². The fourth-order valence-corrected chi connectivity index (χ4v) is 2.24. The van der Waals surface area contributed by atoms with Gasteiger partial charge in [0.05, 0.1) is 7.11 Å². The van der Waals surface area contributed by atoms with E-state index in [1.54, 1.807) is 0 Å². The first-order valence-electron chi connectivity index (χ1n) is 6.08. The zero-order chi connectivity index (χ0) is 13.1. The van der Waals surface area contributed by atoms with Crippen molar-refractivity contribution < 1.29 is 13.5 Å². The molecule has 18 heavy (non-hydrogen) atoms. The molecular weight excluding hydrogens is 236 g/mol. The Hall–Kier alpha value is -1.42. The van der Waals surface area contributed by atoms with Gasteiger partial charge in [-0.15, -0.1) is 0 Å². The fourth-order valence-electron chi connectivity index (χ4n) is 2.24. The van der Waals surface area contributed by atoms with E-state index in [2.05, 4.69) is 13.0 Å². The maximum Gasteiger partial charge on any atom is 0.134 e. The predicted octanol–water partition coefficient (Wildman–Crippen LogP) is 3.12. The van der Waals surface area contributed by atoms with Crippen LogP contribution < -0.4 is 4.74 Å². The molecule has 0 spiro atoms. The fraction of sp³-hybridized carbons (Fsp3) is 0.429. The van der Waals surface area contributed by atoms with Crippen LogP contribution >= 0.6 is 0 Å². The number of nitrogens with zero attached hydrogens (tertiary/aromatic N) is 1. The maximum atomic E-state index is 13.8. The maximum absolute atomic E-state index is 13.8. The van der Waals surface area contributed by atoms with E-state index in [4.69, 9.17) is 4.74 Å². The van der Waals surface area contributed by atoms with Gasteiger partial charge in [-0.25, -0.2) is 8.78 Å². The van der Waals surface area contributed by atoms with Gasteiger partial charge in [0, 0.05) is 36.8 Å². The quantitative estimate of drug-likeness (QED) is 0.764. The molecule has 1 heterocycles. The van der Waals surface area contributed by atoms with Crippen molar-refractivity contribution in [3.05, 3.63) is 41.5 Å². The number of benzene rings is 1. The van der Waals surface area contributed by atoms with Crippen LogP contribution in [0.25, 0.3) is 0 Å². The molecule has 0 bridgehead atoms. The number of methoxy groups -OCH3 is 1. The van der Waals surface area contributed by atoms with Gasteiger partial charge in [0.2, 0.25) is 0 Å². The van der Waals surface area contributed by atoms with E-state index < -0.39 is 11.6 Å². The summed E-state index contributed by atoms with van der Waals surface area (Å²) in [6.45, 7) is 3.09. The summed E-state index contributed by atoms with van der Waals surface area (Å²) in [6, 6.07) is 2.72. The van der Waals surface area contributed by atoms with E-state index in [0.717, 1.165) is 13.0 Å². The van der Waals surface area contributed by atoms with Gasteiger partial charge in [-0.1, -0.05) is 19.1 Å². The van der Waals surface area contributed by atoms with Crippen LogP contribution in [0.5, 0.6) is 5.75 Å². The van der Waals surface area contributed by atoms with Crippen LogP contribution in [0.4, 0.5) is 8.78 Å². The Morgan fingerprint density at radius 1 is 1.33 bits per heavy atom. The van der Waals surface area contributed by atoms with E-state index in [-0.39, 0.29) is 23.9 Å². The number of ether oxygens (including phenoxy) is 1. The number of hydrogen-bond acceptors (Lipinski definition) is 2. The highest BCUT2D eigenvalue weighted by atomic mass is 19.1. The van der Waals surface area contributed by atoms with Crippen LogP contribution in [-0.4, -0.2) is 24.6 Å². The molecule has 1 aliphatic heterocycles. The Labute approximate surface area is 106 Å². The molecule has 0 aliphatic carbocycles. The van der Waals surface area contributed by atoms with E-state index in [1.165, 1.54) is 19.2 Å². The summed E-state index contributed by atoms with van der Waals surface area (Å²) >= 11 is 0. The summed E-state index contributed by atoms with van der Waals surface area (Å²) in [5.74, 6) is -0.887. The van der Waals surface area contributed by atoms with Crippen molar-refractivity contribution in [3.63, 3.8) is 0 Å². The van der Waals surface area contributed by atoms with Crippen molar-refractivity contribution in [2.75, 3.05) is 13.7 Å². The van der Waals surface area contributed by atoms with Crippen molar-refractivity contribution in [1.82, 2.24) is 4.90 Å². The zero-order valence-corrected chi connectivity index (χ0v) is 10.6. The molecule has 4 heteroatoms. The highest BCUT2D eigenvalue weighted by molar-refractivity contribution is 5.30. The van der Waals surface area contributed by atoms with Crippen LogP contribution in [0.1, 0.15) is 18.9 Å². The van der Waals surface area contributed by atoms with Crippen molar-refractivity contribution in [2.45, 2.75) is 25.9 Å². The van der Waals surface area contributed by atoms with Crippen LogP contribution in [0, 0.1) is 11.6 Å². The van der Waals surface area contributed by atoms with Crippen molar-refractivity contribution >= 4 is 0 Å². The van der Waals surface area contributed by atoms with Crippen LogP contribution in [0.15, 0.2) is 24.3 Å². The standard InChI is InChI=1S/C14H17F2NO/c1-3-10-5-4-6-17(10)9-12-13(15)7-11(18-2)8-14(12)16/h4-5,7-8,10H,3,6,9H2,1-2H3/t10-/m0/s1. The summed E-state index contributed by atoms with van der Waals surface area (Å²) in [5.41, 5.74) is 0.109. The molecule has 0 saturated carbocycles. The molecule has 0 saturated heterocycles. The van der Waals surface area contributed by atoms with E-state index in [0.29, 0.717) is 0 Å². The lowest BCUT2D eigenvalue weighted by Gasteiger charge is -2.23.